The Balaban J connectivity index is 1.96. The van der Waals surface area contributed by atoms with Crippen LogP contribution < -0.4 is 20.1 Å². The van der Waals surface area contributed by atoms with Crippen molar-refractivity contribution in [1.29, 1.82) is 0 Å². The van der Waals surface area contributed by atoms with E-state index in [1.54, 1.807) is 14.2 Å². The summed E-state index contributed by atoms with van der Waals surface area (Å²) in [6.07, 6.45) is 4.20. The van der Waals surface area contributed by atoms with Gasteiger partial charge in [0.25, 0.3) is 0 Å². The lowest BCUT2D eigenvalue weighted by Gasteiger charge is -2.31. The molecule has 0 spiro atoms. The van der Waals surface area contributed by atoms with Crippen molar-refractivity contribution in [1.82, 2.24) is 10.6 Å². The van der Waals surface area contributed by atoms with Crippen LogP contribution in [-0.2, 0) is 16.0 Å². The van der Waals surface area contributed by atoms with Gasteiger partial charge in [-0.15, -0.1) is 0 Å². The summed E-state index contributed by atoms with van der Waals surface area (Å²) < 4.78 is 10.5. The molecule has 1 aromatic carbocycles. The van der Waals surface area contributed by atoms with Crippen LogP contribution in [0.4, 0.5) is 0 Å². The first-order chi connectivity index (χ1) is 12.0. The molecule has 138 valence electrons. The van der Waals surface area contributed by atoms with E-state index in [1.165, 1.54) is 0 Å². The fraction of sp³-hybridized carbons (Fsp3) is 0.579. The Hall–Kier alpha value is -2.24. The summed E-state index contributed by atoms with van der Waals surface area (Å²) in [4.78, 5) is 24.6. The lowest BCUT2D eigenvalue weighted by molar-refractivity contribution is -0.133. The maximum Gasteiger partial charge on any atom is 0.245 e. The van der Waals surface area contributed by atoms with E-state index in [1.807, 2.05) is 25.1 Å². The molecule has 0 saturated carbocycles. The molecule has 2 rings (SSSR count). The number of carbonyl (C=O) groups excluding carboxylic acids is 2. The van der Waals surface area contributed by atoms with Gasteiger partial charge in [0.1, 0.15) is 5.54 Å². The van der Waals surface area contributed by atoms with E-state index in [2.05, 4.69) is 10.6 Å². The average Bonchev–Trinajstić information content (AvgIpc) is 2.83. The summed E-state index contributed by atoms with van der Waals surface area (Å²) in [6.45, 7) is 2.45. The molecule has 0 bridgehead atoms. The third kappa shape index (κ3) is 4.65. The first-order valence-electron chi connectivity index (χ1n) is 8.85. The van der Waals surface area contributed by atoms with Gasteiger partial charge in [-0.2, -0.15) is 0 Å². The summed E-state index contributed by atoms with van der Waals surface area (Å²) in [7, 11) is 3.20. The second-order valence-corrected chi connectivity index (χ2v) is 6.39. The first-order valence-corrected chi connectivity index (χ1v) is 8.85. The van der Waals surface area contributed by atoms with Crippen molar-refractivity contribution in [2.24, 2.45) is 0 Å². The Morgan fingerprint density at radius 2 is 2.00 bits per heavy atom. The highest BCUT2D eigenvalue weighted by Gasteiger charge is 2.38. The Kier molecular flexibility index (Phi) is 6.67. The summed E-state index contributed by atoms with van der Waals surface area (Å²) in [5.74, 6) is 1.23. The monoisotopic (exact) mass is 348 g/mol. The highest BCUT2D eigenvalue weighted by Crippen LogP contribution is 2.27. The molecule has 1 unspecified atom stereocenters. The van der Waals surface area contributed by atoms with E-state index in [0.29, 0.717) is 43.7 Å². The van der Waals surface area contributed by atoms with Gasteiger partial charge in [0.15, 0.2) is 11.5 Å². The van der Waals surface area contributed by atoms with Gasteiger partial charge < -0.3 is 20.1 Å². The minimum atomic E-state index is -0.773. The molecule has 25 heavy (non-hydrogen) atoms. The standard InChI is InChI=1S/C19H28N2O4/c1-4-19(11-6-5-7-17(22)21-19)18(23)20-12-10-14-8-9-15(24-2)16(13-14)25-3/h8-9,13H,4-7,10-12H2,1-3H3,(H,20,23)(H,21,22). The van der Waals surface area contributed by atoms with Crippen LogP contribution >= 0.6 is 0 Å². The van der Waals surface area contributed by atoms with Gasteiger partial charge in [0, 0.05) is 13.0 Å². The summed E-state index contributed by atoms with van der Waals surface area (Å²) in [5.41, 5.74) is 0.277. The predicted molar refractivity (Wildman–Crippen MR) is 95.9 cm³/mol. The minimum absolute atomic E-state index is 0.0330. The Morgan fingerprint density at radius 3 is 2.68 bits per heavy atom. The van der Waals surface area contributed by atoms with Gasteiger partial charge in [-0.05, 0) is 43.4 Å². The molecule has 0 aromatic heterocycles. The Morgan fingerprint density at radius 1 is 1.24 bits per heavy atom. The van der Waals surface area contributed by atoms with Crippen LogP contribution in [-0.4, -0.2) is 38.1 Å². The number of amides is 2. The van der Waals surface area contributed by atoms with Crippen molar-refractivity contribution < 1.29 is 19.1 Å². The van der Waals surface area contributed by atoms with Crippen molar-refractivity contribution in [3.63, 3.8) is 0 Å². The van der Waals surface area contributed by atoms with Crippen LogP contribution in [0.3, 0.4) is 0 Å². The number of ether oxygens (including phenoxy) is 2. The second-order valence-electron chi connectivity index (χ2n) is 6.39. The van der Waals surface area contributed by atoms with E-state index in [-0.39, 0.29) is 11.8 Å². The largest absolute Gasteiger partial charge is 0.493 e. The van der Waals surface area contributed by atoms with Crippen LogP contribution in [0, 0.1) is 0 Å². The van der Waals surface area contributed by atoms with Crippen molar-refractivity contribution >= 4 is 11.8 Å². The number of hydrogen-bond acceptors (Lipinski definition) is 4. The molecule has 6 nitrogen and oxygen atoms in total. The van der Waals surface area contributed by atoms with Gasteiger partial charge in [0.2, 0.25) is 11.8 Å². The van der Waals surface area contributed by atoms with Crippen LogP contribution in [0.15, 0.2) is 18.2 Å². The van der Waals surface area contributed by atoms with Crippen LogP contribution in [0.5, 0.6) is 11.5 Å². The molecule has 0 radical (unpaired) electrons. The molecular formula is C19H28N2O4. The maximum atomic E-state index is 12.7. The molecule has 2 N–H and O–H groups in total. The van der Waals surface area contributed by atoms with E-state index >= 15 is 0 Å². The van der Waals surface area contributed by atoms with Crippen LogP contribution in [0.25, 0.3) is 0 Å². The van der Waals surface area contributed by atoms with Gasteiger partial charge in [-0.1, -0.05) is 19.4 Å². The molecule has 2 amide bonds. The number of carbonyl (C=O) groups is 2. The zero-order valence-electron chi connectivity index (χ0n) is 15.3. The predicted octanol–water partition coefficient (Wildman–Crippen LogP) is 2.20. The fourth-order valence-electron chi connectivity index (χ4n) is 3.23. The zero-order chi connectivity index (χ0) is 18.3. The zero-order valence-corrected chi connectivity index (χ0v) is 15.3. The van der Waals surface area contributed by atoms with Crippen molar-refractivity contribution in [3.05, 3.63) is 23.8 Å². The fourth-order valence-corrected chi connectivity index (χ4v) is 3.23. The van der Waals surface area contributed by atoms with Crippen molar-refractivity contribution in [2.45, 2.75) is 51.0 Å². The highest BCUT2D eigenvalue weighted by atomic mass is 16.5. The molecule has 0 aliphatic carbocycles. The molecule has 1 heterocycles. The van der Waals surface area contributed by atoms with E-state index in [0.717, 1.165) is 18.4 Å². The third-order valence-corrected chi connectivity index (χ3v) is 4.82. The summed E-state index contributed by atoms with van der Waals surface area (Å²) >= 11 is 0. The lowest BCUT2D eigenvalue weighted by Crippen LogP contribution is -2.58. The molecule has 1 aromatic rings. The quantitative estimate of drug-likeness (QED) is 0.792. The number of benzene rings is 1. The SMILES string of the molecule is CCC1(C(=O)NCCc2ccc(OC)c(OC)c2)CCCCC(=O)N1. The molecule has 1 aliphatic rings. The van der Waals surface area contributed by atoms with Gasteiger partial charge >= 0.3 is 0 Å². The number of rotatable bonds is 7. The van der Waals surface area contributed by atoms with Gasteiger partial charge in [0.05, 0.1) is 14.2 Å². The third-order valence-electron chi connectivity index (χ3n) is 4.82. The molecular weight excluding hydrogens is 320 g/mol. The van der Waals surface area contributed by atoms with Crippen LogP contribution in [0.1, 0.15) is 44.6 Å². The maximum absolute atomic E-state index is 12.7. The Labute approximate surface area is 149 Å². The topological polar surface area (TPSA) is 76.7 Å². The second kappa shape index (κ2) is 8.74. The van der Waals surface area contributed by atoms with E-state index in [4.69, 9.17) is 9.47 Å². The summed E-state index contributed by atoms with van der Waals surface area (Å²) in [5, 5.41) is 5.92. The van der Waals surface area contributed by atoms with Crippen molar-refractivity contribution in [3.8, 4) is 11.5 Å². The number of hydrogen-bond donors (Lipinski definition) is 2. The molecule has 1 saturated heterocycles. The normalized spacial score (nSPS) is 20.4. The highest BCUT2D eigenvalue weighted by molar-refractivity contribution is 5.91. The average molecular weight is 348 g/mol. The molecule has 1 fully saturated rings. The van der Waals surface area contributed by atoms with E-state index < -0.39 is 5.54 Å². The molecule has 1 aliphatic heterocycles. The Bertz CT molecular complexity index is 617. The minimum Gasteiger partial charge on any atom is -0.493 e. The van der Waals surface area contributed by atoms with Crippen LogP contribution in [0.2, 0.25) is 0 Å². The summed E-state index contributed by atoms with van der Waals surface area (Å²) in [6, 6.07) is 5.72. The van der Waals surface area contributed by atoms with E-state index in [9.17, 15) is 9.59 Å². The van der Waals surface area contributed by atoms with Crippen molar-refractivity contribution in [2.75, 3.05) is 20.8 Å². The number of methoxy groups -OCH3 is 2. The molecule has 1 atom stereocenters. The van der Waals surface area contributed by atoms with Gasteiger partial charge in [-0.25, -0.2) is 0 Å². The first kappa shape index (κ1) is 19.1. The smallest absolute Gasteiger partial charge is 0.245 e. The number of nitrogens with one attached hydrogen (secondary N) is 2. The molecule has 6 heteroatoms. The lowest BCUT2D eigenvalue weighted by atomic mass is 9.89. The van der Waals surface area contributed by atoms with Gasteiger partial charge in [-0.3, -0.25) is 9.59 Å².